The average molecular weight is 353 g/mol. The molecule has 0 aliphatic heterocycles. The normalized spacial score (nSPS) is 11.1. The van der Waals surface area contributed by atoms with Crippen molar-refractivity contribution in [2.75, 3.05) is 24.3 Å². The Morgan fingerprint density at radius 1 is 1.16 bits per heavy atom. The lowest BCUT2D eigenvalue weighted by Gasteiger charge is -2.14. The summed E-state index contributed by atoms with van der Waals surface area (Å²) in [5.74, 6) is -0.620. The van der Waals surface area contributed by atoms with Gasteiger partial charge in [-0.05, 0) is 30.3 Å². The zero-order valence-corrected chi connectivity index (χ0v) is 13.3. The molecule has 0 saturated heterocycles. The molecule has 0 radical (unpaired) electrons. The van der Waals surface area contributed by atoms with E-state index in [0.29, 0.717) is 12.1 Å². The van der Waals surface area contributed by atoms with Gasteiger partial charge in [0, 0.05) is 37.1 Å². The number of nitro benzene ring substituents is 1. The van der Waals surface area contributed by atoms with Crippen molar-refractivity contribution < 1.29 is 22.9 Å². The Balaban J connectivity index is 2.33. The Labute approximate surface area is 141 Å². The fourth-order valence-corrected chi connectivity index (χ4v) is 2.13. The Morgan fingerprint density at radius 2 is 1.84 bits per heavy atom. The molecule has 0 fully saturated rings. The maximum absolute atomic E-state index is 13.0. The second kappa shape index (κ2) is 6.80. The molecule has 2 rings (SSSR count). The standard InChI is InChI=1S/C16H14F3N3O3/c1-21(2)12-5-3-4-10(8-12)15(23)20-11-6-7-14(22(24)25)13(9-11)16(17,18)19/h3-9H,1-2H3,(H,20,23). The molecule has 0 atom stereocenters. The van der Waals surface area contributed by atoms with Crippen molar-refractivity contribution in [3.05, 3.63) is 63.7 Å². The zero-order chi connectivity index (χ0) is 18.8. The van der Waals surface area contributed by atoms with Crippen LogP contribution >= 0.6 is 0 Å². The van der Waals surface area contributed by atoms with Crippen molar-refractivity contribution in [1.29, 1.82) is 0 Å². The van der Waals surface area contributed by atoms with Crippen molar-refractivity contribution in [2.45, 2.75) is 6.18 Å². The Hall–Kier alpha value is -3.10. The fourth-order valence-electron chi connectivity index (χ4n) is 2.13. The monoisotopic (exact) mass is 353 g/mol. The van der Waals surface area contributed by atoms with Gasteiger partial charge in [-0.1, -0.05) is 6.07 Å². The van der Waals surface area contributed by atoms with Gasteiger partial charge in [-0.3, -0.25) is 14.9 Å². The Kier molecular flexibility index (Phi) is 4.96. The first-order valence-electron chi connectivity index (χ1n) is 7.04. The molecule has 0 bridgehead atoms. The van der Waals surface area contributed by atoms with E-state index >= 15 is 0 Å². The number of carbonyl (C=O) groups excluding carboxylic acids is 1. The minimum Gasteiger partial charge on any atom is -0.378 e. The molecule has 0 saturated carbocycles. The highest BCUT2D eigenvalue weighted by atomic mass is 19.4. The molecule has 0 heterocycles. The van der Waals surface area contributed by atoms with Crippen LogP contribution in [0.2, 0.25) is 0 Å². The number of hydrogen-bond donors (Lipinski definition) is 1. The molecule has 2 aromatic rings. The van der Waals surface area contributed by atoms with Gasteiger partial charge in [-0.25, -0.2) is 0 Å². The van der Waals surface area contributed by atoms with Crippen LogP contribution in [0.25, 0.3) is 0 Å². The van der Waals surface area contributed by atoms with Crippen molar-refractivity contribution in [2.24, 2.45) is 0 Å². The van der Waals surface area contributed by atoms with Gasteiger partial charge in [0.15, 0.2) is 0 Å². The predicted octanol–water partition coefficient (Wildman–Crippen LogP) is 3.93. The summed E-state index contributed by atoms with van der Waals surface area (Å²) in [6, 6.07) is 8.82. The van der Waals surface area contributed by atoms with E-state index in [0.717, 1.165) is 11.8 Å². The summed E-state index contributed by atoms with van der Waals surface area (Å²) in [6.45, 7) is 0. The van der Waals surface area contributed by atoms with Crippen LogP contribution in [0.3, 0.4) is 0 Å². The summed E-state index contributed by atoms with van der Waals surface area (Å²) in [7, 11) is 3.56. The summed E-state index contributed by atoms with van der Waals surface area (Å²) >= 11 is 0. The number of alkyl halides is 3. The lowest BCUT2D eigenvalue weighted by Crippen LogP contribution is -2.15. The lowest BCUT2D eigenvalue weighted by molar-refractivity contribution is -0.388. The van der Waals surface area contributed by atoms with Gasteiger partial charge in [0.2, 0.25) is 0 Å². The molecule has 6 nitrogen and oxygen atoms in total. The summed E-state index contributed by atoms with van der Waals surface area (Å²) in [5.41, 5.74) is -1.68. The highest BCUT2D eigenvalue weighted by Gasteiger charge is 2.38. The summed E-state index contributed by atoms with van der Waals surface area (Å²) in [6.07, 6.45) is -4.91. The molecule has 1 N–H and O–H groups in total. The predicted molar refractivity (Wildman–Crippen MR) is 86.8 cm³/mol. The third-order valence-electron chi connectivity index (χ3n) is 3.38. The Bertz CT molecular complexity index is 820. The van der Waals surface area contributed by atoms with Gasteiger partial charge >= 0.3 is 6.18 Å². The van der Waals surface area contributed by atoms with Gasteiger partial charge in [0.1, 0.15) is 5.56 Å². The number of rotatable bonds is 4. The molecule has 0 spiro atoms. The summed E-state index contributed by atoms with van der Waals surface area (Å²) < 4.78 is 38.9. The number of nitro groups is 1. The van der Waals surface area contributed by atoms with E-state index in [1.54, 1.807) is 37.2 Å². The van der Waals surface area contributed by atoms with E-state index in [9.17, 15) is 28.1 Å². The lowest BCUT2D eigenvalue weighted by atomic mass is 10.1. The summed E-state index contributed by atoms with van der Waals surface area (Å²) in [4.78, 5) is 23.6. The number of halogens is 3. The maximum atomic E-state index is 13.0. The van der Waals surface area contributed by atoms with E-state index in [2.05, 4.69) is 5.32 Å². The van der Waals surface area contributed by atoms with E-state index in [4.69, 9.17) is 0 Å². The number of amides is 1. The van der Waals surface area contributed by atoms with Crippen LogP contribution in [0.1, 0.15) is 15.9 Å². The molecular weight excluding hydrogens is 339 g/mol. The van der Waals surface area contributed by atoms with Crippen LogP contribution in [0.4, 0.5) is 30.2 Å². The minimum atomic E-state index is -4.91. The van der Waals surface area contributed by atoms with Crippen LogP contribution in [0, 0.1) is 10.1 Å². The van der Waals surface area contributed by atoms with Crippen molar-refractivity contribution in [1.82, 2.24) is 0 Å². The van der Waals surface area contributed by atoms with Gasteiger partial charge in [-0.2, -0.15) is 13.2 Å². The zero-order valence-electron chi connectivity index (χ0n) is 13.3. The summed E-state index contributed by atoms with van der Waals surface area (Å²) in [5, 5.41) is 13.1. The van der Waals surface area contributed by atoms with Crippen LogP contribution in [-0.2, 0) is 6.18 Å². The molecule has 9 heteroatoms. The molecule has 0 aliphatic carbocycles. The van der Waals surface area contributed by atoms with Gasteiger partial charge < -0.3 is 10.2 Å². The van der Waals surface area contributed by atoms with Crippen LogP contribution in [0.15, 0.2) is 42.5 Å². The smallest absolute Gasteiger partial charge is 0.378 e. The number of benzene rings is 2. The highest BCUT2D eigenvalue weighted by molar-refractivity contribution is 6.04. The molecule has 132 valence electrons. The third-order valence-corrected chi connectivity index (χ3v) is 3.38. The highest BCUT2D eigenvalue weighted by Crippen LogP contribution is 2.37. The first-order valence-corrected chi connectivity index (χ1v) is 7.04. The molecule has 25 heavy (non-hydrogen) atoms. The largest absolute Gasteiger partial charge is 0.423 e. The number of nitrogens with zero attached hydrogens (tertiary/aromatic N) is 2. The van der Waals surface area contributed by atoms with Crippen LogP contribution in [-0.4, -0.2) is 24.9 Å². The second-order valence-electron chi connectivity index (χ2n) is 5.39. The minimum absolute atomic E-state index is 0.182. The van der Waals surface area contributed by atoms with E-state index < -0.39 is 28.3 Å². The number of nitrogens with one attached hydrogen (secondary N) is 1. The van der Waals surface area contributed by atoms with Crippen LogP contribution in [0.5, 0.6) is 0 Å². The van der Waals surface area contributed by atoms with E-state index in [-0.39, 0.29) is 11.3 Å². The van der Waals surface area contributed by atoms with Gasteiger partial charge in [0.25, 0.3) is 11.6 Å². The molecular formula is C16H14F3N3O3. The number of hydrogen-bond acceptors (Lipinski definition) is 4. The van der Waals surface area contributed by atoms with Crippen molar-refractivity contribution in [3.8, 4) is 0 Å². The molecule has 0 unspecified atom stereocenters. The number of anilines is 2. The Morgan fingerprint density at radius 3 is 2.40 bits per heavy atom. The van der Waals surface area contributed by atoms with Crippen molar-refractivity contribution >= 4 is 23.0 Å². The SMILES string of the molecule is CN(C)c1cccc(C(=O)Nc2ccc([N+](=O)[O-])c(C(F)(F)F)c2)c1. The quantitative estimate of drug-likeness (QED) is 0.667. The van der Waals surface area contributed by atoms with Gasteiger partial charge in [-0.15, -0.1) is 0 Å². The average Bonchev–Trinajstić information content (AvgIpc) is 2.53. The maximum Gasteiger partial charge on any atom is 0.423 e. The second-order valence-corrected chi connectivity index (χ2v) is 5.39. The van der Waals surface area contributed by atoms with E-state index in [1.807, 2.05) is 0 Å². The number of carbonyl (C=O) groups is 1. The van der Waals surface area contributed by atoms with Crippen LogP contribution < -0.4 is 10.2 Å². The fraction of sp³-hybridized carbons (Fsp3) is 0.188. The topological polar surface area (TPSA) is 75.5 Å². The molecule has 1 amide bonds. The first kappa shape index (κ1) is 18.2. The first-order chi connectivity index (χ1) is 11.6. The van der Waals surface area contributed by atoms with Crippen molar-refractivity contribution in [3.63, 3.8) is 0 Å². The van der Waals surface area contributed by atoms with Gasteiger partial charge in [0.05, 0.1) is 4.92 Å². The molecule has 2 aromatic carbocycles. The van der Waals surface area contributed by atoms with E-state index in [1.165, 1.54) is 6.07 Å². The molecule has 0 aromatic heterocycles. The third kappa shape index (κ3) is 4.25. The molecule has 0 aliphatic rings.